The van der Waals surface area contributed by atoms with E-state index in [4.69, 9.17) is 9.47 Å². The zero-order valence-corrected chi connectivity index (χ0v) is 11.9. The van der Waals surface area contributed by atoms with E-state index in [2.05, 4.69) is 4.98 Å². The highest BCUT2D eigenvalue weighted by Gasteiger charge is 2.46. The molecule has 4 nitrogen and oxygen atoms in total. The predicted molar refractivity (Wildman–Crippen MR) is 75.6 cm³/mol. The van der Waals surface area contributed by atoms with Crippen molar-refractivity contribution in [2.75, 3.05) is 13.2 Å². The third-order valence-corrected chi connectivity index (χ3v) is 3.86. The molecule has 1 aromatic heterocycles. The lowest BCUT2D eigenvalue weighted by molar-refractivity contribution is -0.163. The number of rotatable bonds is 5. The summed E-state index contributed by atoms with van der Waals surface area (Å²) >= 11 is 0. The molecular formula is C14H20BNO3. The predicted octanol–water partition coefficient (Wildman–Crippen LogP) is 0.761. The maximum atomic E-state index is 12.0. The van der Waals surface area contributed by atoms with Crippen molar-refractivity contribution in [1.82, 2.24) is 4.98 Å². The summed E-state index contributed by atoms with van der Waals surface area (Å²) in [4.78, 5) is 16.2. The molecule has 19 heavy (non-hydrogen) atoms. The highest BCUT2D eigenvalue weighted by Crippen LogP contribution is 2.42. The van der Waals surface area contributed by atoms with Gasteiger partial charge in [-0.1, -0.05) is 17.4 Å². The number of aromatic nitrogens is 1. The van der Waals surface area contributed by atoms with Crippen molar-refractivity contribution in [1.29, 1.82) is 0 Å². The number of hydrogen-bond acceptors (Lipinski definition) is 4. The average Bonchev–Trinajstić information content (AvgIpc) is 2.32. The fraction of sp³-hybridized carbons (Fsp3) is 0.571. The van der Waals surface area contributed by atoms with E-state index in [1.54, 1.807) is 6.20 Å². The van der Waals surface area contributed by atoms with Gasteiger partial charge in [0, 0.05) is 12.3 Å². The van der Waals surface area contributed by atoms with E-state index in [1.807, 2.05) is 27.8 Å². The monoisotopic (exact) mass is 261 g/mol. The Bertz CT molecular complexity index is 472. The van der Waals surface area contributed by atoms with Crippen LogP contribution in [0.1, 0.15) is 31.7 Å². The van der Waals surface area contributed by atoms with Gasteiger partial charge in [0.2, 0.25) is 5.88 Å². The molecule has 1 aliphatic carbocycles. The second kappa shape index (κ2) is 5.64. The largest absolute Gasteiger partial charge is 0.476 e. The summed E-state index contributed by atoms with van der Waals surface area (Å²) < 4.78 is 10.8. The molecule has 0 atom stereocenters. The Morgan fingerprint density at radius 2 is 2.26 bits per heavy atom. The van der Waals surface area contributed by atoms with E-state index >= 15 is 0 Å². The molecule has 0 radical (unpaired) electrons. The topological polar surface area (TPSA) is 48.4 Å². The number of hydrogen-bond donors (Lipinski definition) is 0. The first-order chi connectivity index (χ1) is 9.07. The van der Waals surface area contributed by atoms with Crippen LogP contribution in [-0.2, 0) is 9.53 Å². The van der Waals surface area contributed by atoms with Gasteiger partial charge in [-0.25, -0.2) is 4.98 Å². The van der Waals surface area contributed by atoms with E-state index in [9.17, 15) is 4.79 Å². The first-order valence-corrected chi connectivity index (χ1v) is 6.81. The normalized spacial score (nSPS) is 16.5. The Kier molecular flexibility index (Phi) is 4.12. The van der Waals surface area contributed by atoms with Crippen molar-refractivity contribution in [3.8, 4) is 5.88 Å². The quantitative estimate of drug-likeness (QED) is 0.580. The summed E-state index contributed by atoms with van der Waals surface area (Å²) in [6, 6.07) is 1.91. The molecule has 0 aromatic carbocycles. The van der Waals surface area contributed by atoms with Crippen LogP contribution in [0.25, 0.3) is 0 Å². The minimum Gasteiger partial charge on any atom is -0.476 e. The number of pyridine rings is 1. The molecule has 0 saturated heterocycles. The van der Waals surface area contributed by atoms with Crippen molar-refractivity contribution >= 4 is 19.3 Å². The van der Waals surface area contributed by atoms with Gasteiger partial charge in [-0.05, 0) is 26.7 Å². The molecule has 0 N–H and O–H groups in total. The minimum atomic E-state index is -0.448. The molecule has 102 valence electrons. The lowest BCUT2D eigenvalue weighted by Crippen LogP contribution is -2.44. The third kappa shape index (κ3) is 2.91. The number of carbonyl (C=O) groups is 1. The lowest BCUT2D eigenvalue weighted by Gasteiger charge is -2.38. The van der Waals surface area contributed by atoms with E-state index in [0.717, 1.165) is 30.3 Å². The number of aryl methyl sites for hydroxylation is 1. The van der Waals surface area contributed by atoms with Crippen LogP contribution in [0.15, 0.2) is 12.3 Å². The molecule has 5 heteroatoms. The highest BCUT2D eigenvalue weighted by molar-refractivity contribution is 6.33. The second-order valence-corrected chi connectivity index (χ2v) is 5.25. The van der Waals surface area contributed by atoms with Gasteiger partial charge in [-0.3, -0.25) is 4.79 Å². The molecule has 2 rings (SSSR count). The fourth-order valence-electron chi connectivity index (χ4n) is 2.18. The van der Waals surface area contributed by atoms with Crippen LogP contribution in [0.3, 0.4) is 0 Å². The van der Waals surface area contributed by atoms with E-state index < -0.39 is 5.41 Å². The van der Waals surface area contributed by atoms with Crippen LogP contribution in [0.4, 0.5) is 0 Å². The van der Waals surface area contributed by atoms with Gasteiger partial charge >= 0.3 is 5.97 Å². The summed E-state index contributed by atoms with van der Waals surface area (Å²) in [7, 11) is 2.01. The van der Waals surface area contributed by atoms with Crippen molar-refractivity contribution in [2.24, 2.45) is 5.41 Å². The number of ether oxygens (including phenoxy) is 2. The zero-order chi connectivity index (χ0) is 13.9. The summed E-state index contributed by atoms with van der Waals surface area (Å²) in [5, 5.41) is 0. The van der Waals surface area contributed by atoms with Crippen LogP contribution in [-0.4, -0.2) is 32.0 Å². The SMILES string of the molecule is Bc1cnc(OCC2(C(=O)OCC)CCC2)cc1C. The van der Waals surface area contributed by atoms with Gasteiger partial charge in [0.05, 0.1) is 6.61 Å². The molecule has 0 bridgehead atoms. The summed E-state index contributed by atoms with van der Waals surface area (Å²) in [5.74, 6) is 0.448. The minimum absolute atomic E-state index is 0.134. The molecule has 1 heterocycles. The van der Waals surface area contributed by atoms with Gasteiger partial charge in [0.25, 0.3) is 0 Å². The van der Waals surface area contributed by atoms with Crippen LogP contribution in [0.5, 0.6) is 5.88 Å². The Morgan fingerprint density at radius 1 is 1.53 bits per heavy atom. The van der Waals surface area contributed by atoms with Crippen molar-refractivity contribution < 1.29 is 14.3 Å². The Balaban J connectivity index is 2.00. The summed E-state index contributed by atoms with van der Waals surface area (Å²) in [6.07, 6.45) is 4.54. The third-order valence-electron chi connectivity index (χ3n) is 3.86. The Labute approximate surface area is 114 Å². The Hall–Kier alpha value is -1.52. The standard InChI is InChI=1S/C14H20BNO3/c1-3-18-13(17)14(5-4-6-14)9-19-12-7-10(2)11(15)8-16-12/h7-8H,3-6,9,15H2,1-2H3. The molecule has 1 aromatic rings. The summed E-state index contributed by atoms with van der Waals surface area (Å²) in [6.45, 7) is 4.63. The zero-order valence-electron chi connectivity index (χ0n) is 11.9. The van der Waals surface area contributed by atoms with Crippen molar-refractivity contribution in [3.63, 3.8) is 0 Å². The van der Waals surface area contributed by atoms with Gasteiger partial charge in [-0.15, -0.1) is 0 Å². The fourth-order valence-corrected chi connectivity index (χ4v) is 2.18. The second-order valence-electron chi connectivity index (χ2n) is 5.25. The van der Waals surface area contributed by atoms with Gasteiger partial charge in [0.1, 0.15) is 19.9 Å². The molecule has 0 amide bonds. The molecule has 1 saturated carbocycles. The first-order valence-electron chi connectivity index (χ1n) is 6.81. The smallest absolute Gasteiger partial charge is 0.315 e. The maximum Gasteiger partial charge on any atom is 0.315 e. The number of carbonyl (C=O) groups excluding carboxylic acids is 1. The molecule has 0 spiro atoms. The van der Waals surface area contributed by atoms with Crippen molar-refractivity contribution in [2.45, 2.75) is 33.1 Å². The molecule has 0 unspecified atom stereocenters. The van der Waals surface area contributed by atoms with Gasteiger partial charge < -0.3 is 9.47 Å². The first kappa shape index (κ1) is 13.9. The van der Waals surface area contributed by atoms with Crippen molar-refractivity contribution in [3.05, 3.63) is 17.8 Å². The van der Waals surface area contributed by atoms with Crippen LogP contribution < -0.4 is 10.2 Å². The number of nitrogens with zero attached hydrogens (tertiary/aromatic N) is 1. The van der Waals surface area contributed by atoms with Crippen LogP contribution >= 0.6 is 0 Å². The molecule has 1 aliphatic rings. The van der Waals surface area contributed by atoms with Crippen LogP contribution in [0.2, 0.25) is 0 Å². The van der Waals surface area contributed by atoms with Gasteiger partial charge in [-0.2, -0.15) is 0 Å². The van der Waals surface area contributed by atoms with Crippen LogP contribution in [0, 0.1) is 12.3 Å². The van der Waals surface area contributed by atoms with E-state index in [-0.39, 0.29) is 5.97 Å². The van der Waals surface area contributed by atoms with E-state index in [0.29, 0.717) is 19.1 Å². The molecule has 1 fully saturated rings. The lowest BCUT2D eigenvalue weighted by atomic mass is 9.69. The molecular weight excluding hydrogens is 241 g/mol. The summed E-state index contributed by atoms with van der Waals surface area (Å²) in [5.41, 5.74) is 1.83. The maximum absolute atomic E-state index is 12.0. The molecule has 0 aliphatic heterocycles. The van der Waals surface area contributed by atoms with Gasteiger partial charge in [0.15, 0.2) is 0 Å². The van der Waals surface area contributed by atoms with E-state index in [1.165, 1.54) is 0 Å². The number of esters is 1. The highest BCUT2D eigenvalue weighted by atomic mass is 16.5. The average molecular weight is 261 g/mol. The Morgan fingerprint density at radius 3 is 2.79 bits per heavy atom.